The molecule has 1 aliphatic heterocycles. The van der Waals surface area contributed by atoms with Gasteiger partial charge in [0.1, 0.15) is 0 Å². The second kappa shape index (κ2) is 5.62. The van der Waals surface area contributed by atoms with Crippen molar-refractivity contribution < 1.29 is 8.42 Å². The van der Waals surface area contributed by atoms with Crippen molar-refractivity contribution in [2.45, 2.75) is 32.2 Å². The van der Waals surface area contributed by atoms with Gasteiger partial charge in [0.25, 0.3) is 10.2 Å². The van der Waals surface area contributed by atoms with Gasteiger partial charge in [0, 0.05) is 23.6 Å². The fourth-order valence-corrected chi connectivity index (χ4v) is 3.79. The standard InChI is InChI=1S/C8H17IN2O2S/c1-8-4-2-3-7-11(8)14(12,13)10-6-5-9/h8,10H,2-7H2,1H3. The van der Waals surface area contributed by atoms with Crippen molar-refractivity contribution in [2.24, 2.45) is 0 Å². The highest BCUT2D eigenvalue weighted by Gasteiger charge is 2.28. The third-order valence-electron chi connectivity index (χ3n) is 2.43. The summed E-state index contributed by atoms with van der Waals surface area (Å²) in [6.45, 7) is 3.16. The van der Waals surface area contributed by atoms with Crippen LogP contribution in [0.15, 0.2) is 0 Å². The Balaban J connectivity index is 2.60. The van der Waals surface area contributed by atoms with Gasteiger partial charge in [-0.15, -0.1) is 0 Å². The van der Waals surface area contributed by atoms with Crippen molar-refractivity contribution in [1.82, 2.24) is 9.03 Å². The number of rotatable bonds is 4. The van der Waals surface area contributed by atoms with Crippen LogP contribution in [0.2, 0.25) is 0 Å². The molecule has 0 saturated carbocycles. The third-order valence-corrected chi connectivity index (χ3v) is 4.70. The predicted molar refractivity (Wildman–Crippen MR) is 65.8 cm³/mol. The van der Waals surface area contributed by atoms with E-state index in [1.807, 2.05) is 6.92 Å². The van der Waals surface area contributed by atoms with Crippen LogP contribution in [0.1, 0.15) is 26.2 Å². The molecule has 0 bridgehead atoms. The van der Waals surface area contributed by atoms with E-state index in [0.29, 0.717) is 13.1 Å². The zero-order valence-corrected chi connectivity index (χ0v) is 11.3. The highest BCUT2D eigenvalue weighted by molar-refractivity contribution is 14.1. The molecule has 0 aromatic rings. The summed E-state index contributed by atoms with van der Waals surface area (Å²) in [4.78, 5) is 0. The number of nitrogens with zero attached hydrogens (tertiary/aromatic N) is 1. The van der Waals surface area contributed by atoms with Crippen molar-refractivity contribution in [3.05, 3.63) is 0 Å². The predicted octanol–water partition coefficient (Wildman–Crippen LogP) is 1.13. The first-order chi connectivity index (χ1) is 6.58. The number of nitrogens with one attached hydrogen (secondary N) is 1. The van der Waals surface area contributed by atoms with Crippen LogP contribution >= 0.6 is 22.6 Å². The summed E-state index contributed by atoms with van der Waals surface area (Å²) < 4.78 is 28.5. The van der Waals surface area contributed by atoms with Crippen LogP contribution in [0.5, 0.6) is 0 Å². The van der Waals surface area contributed by atoms with Gasteiger partial charge in [-0.3, -0.25) is 0 Å². The van der Waals surface area contributed by atoms with E-state index >= 15 is 0 Å². The zero-order chi connectivity index (χ0) is 10.6. The fraction of sp³-hybridized carbons (Fsp3) is 1.00. The molecule has 0 spiro atoms. The molecular formula is C8H17IN2O2S. The molecule has 0 aromatic carbocycles. The maximum atomic E-state index is 11.8. The highest BCUT2D eigenvalue weighted by atomic mass is 127. The summed E-state index contributed by atoms with van der Waals surface area (Å²) in [7, 11) is -3.22. The number of piperidine rings is 1. The smallest absolute Gasteiger partial charge is 0.201 e. The summed E-state index contributed by atoms with van der Waals surface area (Å²) >= 11 is 2.16. The molecule has 6 heteroatoms. The van der Waals surface area contributed by atoms with Crippen molar-refractivity contribution in [3.8, 4) is 0 Å². The minimum Gasteiger partial charge on any atom is -0.201 e. The molecule has 1 N–H and O–H groups in total. The van der Waals surface area contributed by atoms with Crippen molar-refractivity contribution >= 4 is 32.8 Å². The molecule has 14 heavy (non-hydrogen) atoms. The zero-order valence-electron chi connectivity index (χ0n) is 8.37. The van der Waals surface area contributed by atoms with Gasteiger partial charge in [-0.2, -0.15) is 12.7 Å². The Labute approximate surface area is 99.8 Å². The van der Waals surface area contributed by atoms with Crippen LogP contribution in [-0.4, -0.2) is 36.3 Å². The van der Waals surface area contributed by atoms with Crippen LogP contribution in [-0.2, 0) is 10.2 Å². The summed E-state index contributed by atoms with van der Waals surface area (Å²) in [6.07, 6.45) is 3.10. The Morgan fingerprint density at radius 3 is 2.79 bits per heavy atom. The molecule has 1 atom stereocenters. The minimum atomic E-state index is -3.22. The first-order valence-electron chi connectivity index (χ1n) is 4.90. The van der Waals surface area contributed by atoms with E-state index in [4.69, 9.17) is 0 Å². The first kappa shape index (κ1) is 12.7. The van der Waals surface area contributed by atoms with Crippen LogP contribution in [0.25, 0.3) is 0 Å². The van der Waals surface area contributed by atoms with Gasteiger partial charge in [0.15, 0.2) is 0 Å². The van der Waals surface area contributed by atoms with Crippen LogP contribution in [0.3, 0.4) is 0 Å². The summed E-state index contributed by atoms with van der Waals surface area (Å²) in [5, 5.41) is 0. The summed E-state index contributed by atoms with van der Waals surface area (Å²) in [5.41, 5.74) is 0. The molecule has 1 aliphatic rings. The molecule has 4 nitrogen and oxygen atoms in total. The van der Waals surface area contributed by atoms with Crippen molar-refractivity contribution in [2.75, 3.05) is 17.5 Å². The molecule has 1 rings (SSSR count). The lowest BCUT2D eigenvalue weighted by Gasteiger charge is -2.32. The average Bonchev–Trinajstić information content (AvgIpc) is 2.15. The quantitative estimate of drug-likeness (QED) is 0.620. The van der Waals surface area contributed by atoms with E-state index in [-0.39, 0.29) is 6.04 Å². The molecule has 1 unspecified atom stereocenters. The second-order valence-electron chi connectivity index (χ2n) is 3.54. The third kappa shape index (κ3) is 3.32. The van der Waals surface area contributed by atoms with Crippen LogP contribution in [0, 0.1) is 0 Å². The lowest BCUT2D eigenvalue weighted by molar-refractivity contribution is 0.266. The average molecular weight is 332 g/mol. The van der Waals surface area contributed by atoms with Crippen molar-refractivity contribution in [3.63, 3.8) is 0 Å². The van der Waals surface area contributed by atoms with E-state index in [1.165, 1.54) is 0 Å². The van der Waals surface area contributed by atoms with Crippen LogP contribution in [0.4, 0.5) is 0 Å². The molecule has 84 valence electrons. The molecule has 1 heterocycles. The Kier molecular flexibility index (Phi) is 5.09. The monoisotopic (exact) mass is 332 g/mol. The van der Waals surface area contributed by atoms with E-state index in [2.05, 4.69) is 27.3 Å². The molecule has 0 aliphatic carbocycles. The Morgan fingerprint density at radius 1 is 1.50 bits per heavy atom. The SMILES string of the molecule is CC1CCCCN1S(=O)(=O)NCCI. The molecule has 0 radical (unpaired) electrons. The molecular weight excluding hydrogens is 315 g/mol. The minimum absolute atomic E-state index is 0.149. The Bertz CT molecular complexity index is 269. The maximum absolute atomic E-state index is 11.8. The van der Waals surface area contributed by atoms with E-state index in [0.717, 1.165) is 23.7 Å². The van der Waals surface area contributed by atoms with Gasteiger partial charge in [-0.05, 0) is 19.8 Å². The largest absolute Gasteiger partial charge is 0.279 e. The molecule has 1 saturated heterocycles. The first-order valence-corrected chi connectivity index (χ1v) is 7.87. The van der Waals surface area contributed by atoms with E-state index in [9.17, 15) is 8.42 Å². The normalized spacial score (nSPS) is 25.1. The maximum Gasteiger partial charge on any atom is 0.279 e. The molecule has 0 aromatic heterocycles. The topological polar surface area (TPSA) is 49.4 Å². The van der Waals surface area contributed by atoms with Gasteiger partial charge in [0.05, 0.1) is 0 Å². The number of alkyl halides is 1. The fourth-order valence-electron chi connectivity index (χ4n) is 1.68. The highest BCUT2D eigenvalue weighted by Crippen LogP contribution is 2.18. The summed E-state index contributed by atoms with van der Waals surface area (Å²) in [5.74, 6) is 0. The number of hydrogen-bond donors (Lipinski definition) is 1. The van der Waals surface area contributed by atoms with Gasteiger partial charge in [-0.25, -0.2) is 4.72 Å². The lowest BCUT2D eigenvalue weighted by atomic mass is 10.1. The van der Waals surface area contributed by atoms with E-state index < -0.39 is 10.2 Å². The van der Waals surface area contributed by atoms with Gasteiger partial charge in [-0.1, -0.05) is 29.0 Å². The van der Waals surface area contributed by atoms with Gasteiger partial charge < -0.3 is 0 Å². The Morgan fingerprint density at radius 2 is 2.21 bits per heavy atom. The number of halogens is 1. The van der Waals surface area contributed by atoms with Gasteiger partial charge >= 0.3 is 0 Å². The summed E-state index contributed by atoms with van der Waals surface area (Å²) in [6, 6.07) is 0.149. The number of hydrogen-bond acceptors (Lipinski definition) is 2. The van der Waals surface area contributed by atoms with Crippen molar-refractivity contribution in [1.29, 1.82) is 0 Å². The lowest BCUT2D eigenvalue weighted by Crippen LogP contribution is -2.48. The Hall–Kier alpha value is 0.600. The van der Waals surface area contributed by atoms with Gasteiger partial charge in [0.2, 0.25) is 0 Å². The molecule has 0 amide bonds. The second-order valence-corrected chi connectivity index (χ2v) is 6.33. The van der Waals surface area contributed by atoms with E-state index in [1.54, 1.807) is 4.31 Å². The van der Waals surface area contributed by atoms with Crippen LogP contribution < -0.4 is 4.72 Å². The molecule has 1 fully saturated rings.